The van der Waals surface area contributed by atoms with Gasteiger partial charge in [0.15, 0.2) is 0 Å². The SMILES string of the molecule is Cc1nc(C(=O)/C=C/O)c(C)s1. The van der Waals surface area contributed by atoms with Crippen LogP contribution in [-0.4, -0.2) is 15.9 Å². The van der Waals surface area contributed by atoms with Crippen LogP contribution in [0.5, 0.6) is 0 Å². The molecule has 1 aromatic heterocycles. The molecule has 0 atom stereocenters. The van der Waals surface area contributed by atoms with Gasteiger partial charge in [0.25, 0.3) is 0 Å². The van der Waals surface area contributed by atoms with Crippen molar-refractivity contribution in [3.8, 4) is 0 Å². The Morgan fingerprint density at radius 3 is 2.67 bits per heavy atom. The second-order valence-electron chi connectivity index (χ2n) is 2.32. The van der Waals surface area contributed by atoms with Gasteiger partial charge in [-0.15, -0.1) is 11.3 Å². The maximum absolute atomic E-state index is 11.2. The van der Waals surface area contributed by atoms with Gasteiger partial charge in [0.2, 0.25) is 5.78 Å². The van der Waals surface area contributed by atoms with Crippen LogP contribution in [0.4, 0.5) is 0 Å². The Kier molecular flexibility index (Phi) is 2.60. The summed E-state index contributed by atoms with van der Waals surface area (Å²) < 4.78 is 0. The summed E-state index contributed by atoms with van der Waals surface area (Å²) in [7, 11) is 0. The van der Waals surface area contributed by atoms with Crippen molar-refractivity contribution in [1.82, 2.24) is 4.98 Å². The van der Waals surface area contributed by atoms with E-state index in [1.54, 1.807) is 0 Å². The third-order valence-corrected chi connectivity index (χ3v) is 2.25. The maximum Gasteiger partial charge on any atom is 0.208 e. The highest BCUT2D eigenvalue weighted by Crippen LogP contribution is 2.16. The summed E-state index contributed by atoms with van der Waals surface area (Å²) >= 11 is 1.48. The zero-order valence-corrected chi connectivity index (χ0v) is 7.68. The molecule has 0 aliphatic heterocycles. The van der Waals surface area contributed by atoms with Crippen molar-refractivity contribution in [3.05, 3.63) is 27.9 Å². The van der Waals surface area contributed by atoms with Gasteiger partial charge in [-0.2, -0.15) is 0 Å². The van der Waals surface area contributed by atoms with Crippen molar-refractivity contribution in [2.75, 3.05) is 0 Å². The van der Waals surface area contributed by atoms with E-state index >= 15 is 0 Å². The van der Waals surface area contributed by atoms with Crippen LogP contribution in [-0.2, 0) is 0 Å². The number of rotatable bonds is 2. The number of aromatic nitrogens is 1. The Morgan fingerprint density at radius 1 is 1.58 bits per heavy atom. The lowest BCUT2D eigenvalue weighted by Gasteiger charge is -1.88. The highest BCUT2D eigenvalue weighted by molar-refractivity contribution is 7.11. The van der Waals surface area contributed by atoms with E-state index in [1.807, 2.05) is 13.8 Å². The molecule has 0 aromatic carbocycles. The number of aryl methyl sites for hydroxylation is 2. The fourth-order valence-corrected chi connectivity index (χ4v) is 1.73. The third-order valence-electron chi connectivity index (χ3n) is 1.36. The molecule has 12 heavy (non-hydrogen) atoms. The molecule has 0 spiro atoms. The van der Waals surface area contributed by atoms with Crippen LogP contribution >= 0.6 is 11.3 Å². The average Bonchev–Trinajstić information content (AvgIpc) is 2.30. The molecule has 0 bridgehead atoms. The number of ketones is 1. The largest absolute Gasteiger partial charge is 0.515 e. The smallest absolute Gasteiger partial charge is 0.208 e. The van der Waals surface area contributed by atoms with Gasteiger partial charge in [0.05, 0.1) is 11.3 Å². The molecule has 64 valence electrons. The van der Waals surface area contributed by atoms with Gasteiger partial charge in [-0.05, 0) is 13.8 Å². The second kappa shape index (κ2) is 3.49. The molecular formula is C8H9NO2S. The maximum atomic E-state index is 11.2. The average molecular weight is 183 g/mol. The van der Waals surface area contributed by atoms with Crippen molar-refractivity contribution in [3.63, 3.8) is 0 Å². The highest BCUT2D eigenvalue weighted by Gasteiger charge is 2.10. The van der Waals surface area contributed by atoms with E-state index in [0.29, 0.717) is 5.69 Å². The van der Waals surface area contributed by atoms with E-state index in [9.17, 15) is 4.79 Å². The van der Waals surface area contributed by atoms with Crippen molar-refractivity contribution in [2.45, 2.75) is 13.8 Å². The number of carbonyl (C=O) groups excluding carboxylic acids is 1. The minimum absolute atomic E-state index is 0.251. The summed E-state index contributed by atoms with van der Waals surface area (Å²) in [5, 5.41) is 9.23. The molecule has 0 aliphatic carbocycles. The number of hydrogen-bond acceptors (Lipinski definition) is 4. The first-order chi connectivity index (χ1) is 5.65. The van der Waals surface area contributed by atoms with Gasteiger partial charge in [-0.3, -0.25) is 4.79 Å². The number of hydrogen-bond donors (Lipinski definition) is 1. The van der Waals surface area contributed by atoms with Crippen LogP contribution in [0.15, 0.2) is 12.3 Å². The molecule has 0 saturated heterocycles. The molecule has 1 N–H and O–H groups in total. The summed E-state index contributed by atoms with van der Waals surface area (Å²) in [6, 6.07) is 0. The summed E-state index contributed by atoms with van der Waals surface area (Å²) in [6.45, 7) is 3.68. The van der Waals surface area contributed by atoms with E-state index in [4.69, 9.17) is 5.11 Å². The van der Waals surface area contributed by atoms with Crippen molar-refractivity contribution < 1.29 is 9.90 Å². The summed E-state index contributed by atoms with van der Waals surface area (Å²) in [4.78, 5) is 16.1. The fourth-order valence-electron chi connectivity index (χ4n) is 0.904. The molecular weight excluding hydrogens is 174 g/mol. The standard InChI is InChI=1S/C8H9NO2S/c1-5-8(7(11)3-4-10)9-6(2)12-5/h3-4,10H,1-2H3/b4-3+. The first-order valence-corrected chi connectivity index (χ1v) is 4.26. The number of allylic oxidation sites excluding steroid dienone is 1. The van der Waals surface area contributed by atoms with Gasteiger partial charge in [-0.1, -0.05) is 0 Å². The normalized spacial score (nSPS) is 10.8. The molecule has 1 heterocycles. The minimum atomic E-state index is -0.251. The first-order valence-electron chi connectivity index (χ1n) is 3.44. The monoisotopic (exact) mass is 183 g/mol. The molecule has 0 aliphatic rings. The zero-order valence-electron chi connectivity index (χ0n) is 6.87. The number of aliphatic hydroxyl groups is 1. The molecule has 0 amide bonds. The summed E-state index contributed by atoms with van der Waals surface area (Å²) in [6.07, 6.45) is 1.83. The first kappa shape index (κ1) is 8.93. The van der Waals surface area contributed by atoms with Gasteiger partial charge in [0.1, 0.15) is 5.69 Å². The van der Waals surface area contributed by atoms with Crippen LogP contribution < -0.4 is 0 Å². The van der Waals surface area contributed by atoms with Crippen LogP contribution in [0.25, 0.3) is 0 Å². The van der Waals surface area contributed by atoms with Crippen LogP contribution in [0.2, 0.25) is 0 Å². The lowest BCUT2D eigenvalue weighted by molar-refractivity contribution is 0.104. The van der Waals surface area contributed by atoms with E-state index in [2.05, 4.69) is 4.98 Å². The zero-order chi connectivity index (χ0) is 9.14. The predicted molar refractivity (Wildman–Crippen MR) is 47.7 cm³/mol. The lowest BCUT2D eigenvalue weighted by Crippen LogP contribution is -1.96. The lowest BCUT2D eigenvalue weighted by atomic mass is 10.2. The Labute approximate surface area is 74.4 Å². The molecule has 1 aromatic rings. The molecule has 1 rings (SSSR count). The van der Waals surface area contributed by atoms with Crippen molar-refractivity contribution >= 4 is 17.1 Å². The van der Waals surface area contributed by atoms with Crippen molar-refractivity contribution in [2.24, 2.45) is 0 Å². The Hall–Kier alpha value is -1.16. The highest BCUT2D eigenvalue weighted by atomic mass is 32.1. The Morgan fingerprint density at radius 2 is 2.25 bits per heavy atom. The Bertz CT molecular complexity index is 328. The van der Waals surface area contributed by atoms with Gasteiger partial charge >= 0.3 is 0 Å². The van der Waals surface area contributed by atoms with Crippen LogP contribution in [0.3, 0.4) is 0 Å². The predicted octanol–water partition coefficient (Wildman–Crippen LogP) is 2.01. The van der Waals surface area contributed by atoms with E-state index < -0.39 is 0 Å². The third kappa shape index (κ3) is 1.71. The summed E-state index contributed by atoms with van der Waals surface area (Å²) in [5.74, 6) is -0.251. The van der Waals surface area contributed by atoms with E-state index in [-0.39, 0.29) is 5.78 Å². The van der Waals surface area contributed by atoms with Gasteiger partial charge < -0.3 is 5.11 Å². The second-order valence-corrected chi connectivity index (χ2v) is 3.72. The van der Waals surface area contributed by atoms with Crippen LogP contribution in [0.1, 0.15) is 20.4 Å². The van der Waals surface area contributed by atoms with Gasteiger partial charge in [0, 0.05) is 11.0 Å². The number of aliphatic hydroxyl groups excluding tert-OH is 1. The molecule has 3 nitrogen and oxygen atoms in total. The van der Waals surface area contributed by atoms with Crippen LogP contribution in [0, 0.1) is 13.8 Å². The van der Waals surface area contributed by atoms with Crippen molar-refractivity contribution in [1.29, 1.82) is 0 Å². The topological polar surface area (TPSA) is 50.2 Å². The quantitative estimate of drug-likeness (QED) is 0.433. The summed E-state index contributed by atoms with van der Waals surface area (Å²) in [5.41, 5.74) is 0.433. The Balaban J connectivity index is 3.02. The number of nitrogens with zero attached hydrogens (tertiary/aromatic N) is 1. The number of carbonyl (C=O) groups is 1. The molecule has 0 saturated carbocycles. The van der Waals surface area contributed by atoms with Gasteiger partial charge in [-0.25, -0.2) is 4.98 Å². The fraction of sp³-hybridized carbons (Fsp3) is 0.250. The molecule has 0 fully saturated rings. The minimum Gasteiger partial charge on any atom is -0.515 e. The molecule has 0 radical (unpaired) electrons. The van der Waals surface area contributed by atoms with E-state index in [1.165, 1.54) is 11.3 Å². The molecule has 4 heteroatoms. The molecule has 0 unspecified atom stereocenters. The van der Waals surface area contributed by atoms with E-state index in [0.717, 1.165) is 22.2 Å². The number of thiazole rings is 1.